The number of anilines is 1. The molecule has 1 saturated heterocycles. The van der Waals surface area contributed by atoms with Gasteiger partial charge in [-0.3, -0.25) is 4.79 Å². The predicted octanol–water partition coefficient (Wildman–Crippen LogP) is 2.97. The molecule has 1 atom stereocenters. The van der Waals surface area contributed by atoms with Gasteiger partial charge in [-0.1, -0.05) is 18.5 Å². The van der Waals surface area contributed by atoms with Crippen molar-refractivity contribution in [2.75, 3.05) is 18.0 Å². The van der Waals surface area contributed by atoms with Gasteiger partial charge in [-0.05, 0) is 44.0 Å². The van der Waals surface area contributed by atoms with Gasteiger partial charge in [0.15, 0.2) is 0 Å². The monoisotopic (exact) mass is 284 g/mol. The molecular weight excluding hydrogens is 267 g/mol. The van der Waals surface area contributed by atoms with Crippen molar-refractivity contribution < 1.29 is 9.18 Å². The largest absolute Gasteiger partial charge is 0.309 e. The van der Waals surface area contributed by atoms with Crippen LogP contribution in [0.2, 0.25) is 5.02 Å². The quantitative estimate of drug-likeness (QED) is 0.922. The molecule has 1 aromatic rings. The van der Waals surface area contributed by atoms with Crippen LogP contribution in [0.4, 0.5) is 10.1 Å². The lowest BCUT2D eigenvalue weighted by Gasteiger charge is -2.33. The van der Waals surface area contributed by atoms with Crippen molar-refractivity contribution in [1.29, 1.82) is 0 Å². The minimum atomic E-state index is -0.379. The van der Waals surface area contributed by atoms with E-state index < -0.39 is 0 Å². The maximum Gasteiger partial charge on any atom is 0.244 e. The molecule has 1 amide bonds. The maximum absolute atomic E-state index is 13.3. The number of rotatable bonds is 4. The second-order valence-corrected chi connectivity index (χ2v) is 5.14. The van der Waals surface area contributed by atoms with E-state index in [0.717, 1.165) is 25.8 Å². The Balaban J connectivity index is 2.19. The van der Waals surface area contributed by atoms with Crippen molar-refractivity contribution in [2.24, 2.45) is 0 Å². The Hall–Kier alpha value is -1.13. The molecule has 0 bridgehead atoms. The van der Waals surface area contributed by atoms with Crippen LogP contribution in [-0.2, 0) is 4.79 Å². The standard InChI is InChI=1S/C14H18ClFN2O/c1-2-7-17-12-4-3-8-18(14(12)19)13-9-10(16)5-6-11(13)15/h5-6,9,12,17H,2-4,7-8H2,1H3. The highest BCUT2D eigenvalue weighted by Crippen LogP contribution is 2.29. The maximum atomic E-state index is 13.3. The predicted molar refractivity (Wildman–Crippen MR) is 75.1 cm³/mol. The number of hydrogen-bond acceptors (Lipinski definition) is 2. The van der Waals surface area contributed by atoms with Crippen LogP contribution in [0.3, 0.4) is 0 Å². The number of nitrogens with zero attached hydrogens (tertiary/aromatic N) is 1. The molecule has 0 aromatic heterocycles. The second-order valence-electron chi connectivity index (χ2n) is 4.73. The number of carbonyl (C=O) groups excluding carboxylic acids is 1. The van der Waals surface area contributed by atoms with Crippen molar-refractivity contribution >= 4 is 23.2 Å². The van der Waals surface area contributed by atoms with Gasteiger partial charge in [0.25, 0.3) is 0 Å². The number of benzene rings is 1. The molecule has 1 aromatic carbocycles. The Kier molecular flexibility index (Phi) is 4.77. The van der Waals surface area contributed by atoms with Crippen LogP contribution in [0.25, 0.3) is 0 Å². The summed E-state index contributed by atoms with van der Waals surface area (Å²) in [6, 6.07) is 3.92. The number of piperidine rings is 1. The molecule has 0 spiro atoms. The first-order chi connectivity index (χ1) is 9.13. The third-order valence-corrected chi connectivity index (χ3v) is 3.60. The van der Waals surface area contributed by atoms with Gasteiger partial charge in [0.05, 0.1) is 16.8 Å². The molecule has 1 aliphatic heterocycles. The van der Waals surface area contributed by atoms with E-state index in [0.29, 0.717) is 17.3 Å². The van der Waals surface area contributed by atoms with Crippen LogP contribution in [0.1, 0.15) is 26.2 Å². The molecule has 1 aliphatic rings. The van der Waals surface area contributed by atoms with Crippen LogP contribution in [-0.4, -0.2) is 25.0 Å². The van der Waals surface area contributed by atoms with E-state index >= 15 is 0 Å². The van der Waals surface area contributed by atoms with Gasteiger partial charge >= 0.3 is 0 Å². The van der Waals surface area contributed by atoms with Gasteiger partial charge in [-0.15, -0.1) is 0 Å². The molecule has 1 N–H and O–H groups in total. The van der Waals surface area contributed by atoms with Crippen LogP contribution in [0.15, 0.2) is 18.2 Å². The zero-order chi connectivity index (χ0) is 13.8. The molecule has 0 radical (unpaired) electrons. The van der Waals surface area contributed by atoms with Crippen LogP contribution in [0, 0.1) is 5.82 Å². The molecule has 1 unspecified atom stereocenters. The van der Waals surface area contributed by atoms with Gasteiger partial charge < -0.3 is 10.2 Å². The molecule has 104 valence electrons. The third-order valence-electron chi connectivity index (χ3n) is 3.28. The normalized spacial score (nSPS) is 19.8. The first kappa shape index (κ1) is 14.3. The molecular formula is C14H18ClFN2O. The zero-order valence-corrected chi connectivity index (χ0v) is 11.7. The smallest absolute Gasteiger partial charge is 0.244 e. The molecule has 19 heavy (non-hydrogen) atoms. The fraction of sp³-hybridized carbons (Fsp3) is 0.500. The summed E-state index contributed by atoms with van der Waals surface area (Å²) in [4.78, 5) is 14.0. The van der Waals surface area contributed by atoms with Crippen LogP contribution >= 0.6 is 11.6 Å². The molecule has 3 nitrogen and oxygen atoms in total. The number of hydrogen-bond donors (Lipinski definition) is 1. The number of halogens is 2. The van der Waals surface area contributed by atoms with Crippen molar-refractivity contribution in [2.45, 2.75) is 32.2 Å². The summed E-state index contributed by atoms with van der Waals surface area (Å²) in [7, 11) is 0. The topological polar surface area (TPSA) is 32.3 Å². The second kappa shape index (κ2) is 6.35. The van der Waals surface area contributed by atoms with E-state index in [-0.39, 0.29) is 17.8 Å². The SMILES string of the molecule is CCCNC1CCCN(c2cc(F)ccc2Cl)C1=O. The number of nitrogens with one attached hydrogen (secondary N) is 1. The molecule has 1 heterocycles. The van der Waals surface area contributed by atoms with Gasteiger partial charge in [-0.25, -0.2) is 4.39 Å². The molecule has 5 heteroatoms. The molecule has 1 fully saturated rings. The summed E-state index contributed by atoms with van der Waals surface area (Å²) in [5, 5.41) is 3.64. The van der Waals surface area contributed by atoms with Gasteiger partial charge in [0, 0.05) is 6.54 Å². The summed E-state index contributed by atoms with van der Waals surface area (Å²) < 4.78 is 13.3. The van der Waals surface area contributed by atoms with E-state index in [9.17, 15) is 9.18 Å². The molecule has 0 aliphatic carbocycles. The van der Waals surface area contributed by atoms with Crippen molar-refractivity contribution in [1.82, 2.24) is 5.32 Å². The Morgan fingerprint density at radius 1 is 1.53 bits per heavy atom. The van der Waals surface area contributed by atoms with Crippen molar-refractivity contribution in [3.05, 3.63) is 29.0 Å². The summed E-state index contributed by atoms with van der Waals surface area (Å²) >= 11 is 6.07. The fourth-order valence-electron chi connectivity index (χ4n) is 2.32. The highest BCUT2D eigenvalue weighted by Gasteiger charge is 2.30. The average molecular weight is 285 g/mol. The minimum absolute atomic E-state index is 0.0211. The Bertz CT molecular complexity index is 467. The Labute approximate surface area is 117 Å². The number of amides is 1. The van der Waals surface area contributed by atoms with E-state index in [1.165, 1.54) is 18.2 Å². The summed E-state index contributed by atoms with van der Waals surface area (Å²) in [5.41, 5.74) is 0.467. The lowest BCUT2D eigenvalue weighted by Crippen LogP contribution is -2.51. The summed E-state index contributed by atoms with van der Waals surface area (Å²) in [5.74, 6) is -0.400. The highest BCUT2D eigenvalue weighted by molar-refractivity contribution is 6.33. The van der Waals surface area contributed by atoms with Gasteiger partial charge in [-0.2, -0.15) is 0 Å². The Morgan fingerprint density at radius 3 is 3.05 bits per heavy atom. The third kappa shape index (κ3) is 3.25. The fourth-order valence-corrected chi connectivity index (χ4v) is 2.53. The highest BCUT2D eigenvalue weighted by atomic mass is 35.5. The summed E-state index contributed by atoms with van der Waals surface area (Å²) in [6.45, 7) is 3.45. The summed E-state index contributed by atoms with van der Waals surface area (Å²) in [6.07, 6.45) is 2.69. The van der Waals surface area contributed by atoms with Crippen molar-refractivity contribution in [3.63, 3.8) is 0 Å². The minimum Gasteiger partial charge on any atom is -0.309 e. The van der Waals surface area contributed by atoms with E-state index in [1.807, 2.05) is 0 Å². The first-order valence-corrected chi connectivity index (χ1v) is 7.01. The van der Waals surface area contributed by atoms with Gasteiger partial charge in [0.2, 0.25) is 5.91 Å². The van der Waals surface area contributed by atoms with E-state index in [1.54, 1.807) is 4.90 Å². The lowest BCUT2D eigenvalue weighted by atomic mass is 10.0. The lowest BCUT2D eigenvalue weighted by molar-refractivity contribution is -0.121. The number of carbonyl (C=O) groups is 1. The molecule has 0 saturated carbocycles. The van der Waals surface area contributed by atoms with Gasteiger partial charge in [0.1, 0.15) is 5.82 Å². The van der Waals surface area contributed by atoms with Crippen LogP contribution < -0.4 is 10.2 Å². The van der Waals surface area contributed by atoms with E-state index in [2.05, 4.69) is 12.2 Å². The van der Waals surface area contributed by atoms with E-state index in [4.69, 9.17) is 11.6 Å². The Morgan fingerprint density at radius 2 is 2.32 bits per heavy atom. The average Bonchev–Trinajstić information content (AvgIpc) is 2.41. The first-order valence-electron chi connectivity index (χ1n) is 6.63. The molecule has 2 rings (SSSR count). The zero-order valence-electron chi connectivity index (χ0n) is 11.0. The van der Waals surface area contributed by atoms with Crippen molar-refractivity contribution in [3.8, 4) is 0 Å². The van der Waals surface area contributed by atoms with Crippen LogP contribution in [0.5, 0.6) is 0 Å².